The summed E-state index contributed by atoms with van der Waals surface area (Å²) in [6.07, 6.45) is 3.61. The molecular formula is C14H14N2. The SMILES string of the molecule is CC(C)=C(c1ccccn1)c1ccccn1. The number of hydrogen-bond acceptors (Lipinski definition) is 2. The topological polar surface area (TPSA) is 25.8 Å². The van der Waals surface area contributed by atoms with Crippen LogP contribution in [0.3, 0.4) is 0 Å². The van der Waals surface area contributed by atoms with E-state index in [0.29, 0.717) is 0 Å². The molecular weight excluding hydrogens is 196 g/mol. The maximum absolute atomic E-state index is 4.38. The molecule has 0 fully saturated rings. The van der Waals surface area contributed by atoms with Crippen LogP contribution in [0.2, 0.25) is 0 Å². The summed E-state index contributed by atoms with van der Waals surface area (Å²) in [6.45, 7) is 4.16. The van der Waals surface area contributed by atoms with Crippen molar-refractivity contribution in [3.63, 3.8) is 0 Å². The molecule has 2 aromatic rings. The normalized spacial score (nSPS) is 9.88. The lowest BCUT2D eigenvalue weighted by Gasteiger charge is -2.08. The summed E-state index contributed by atoms with van der Waals surface area (Å²) in [7, 11) is 0. The molecule has 2 aromatic heterocycles. The number of rotatable bonds is 2. The highest BCUT2D eigenvalue weighted by Crippen LogP contribution is 2.22. The standard InChI is InChI=1S/C14H14N2/c1-11(2)14(12-7-3-5-9-15-12)13-8-4-6-10-16-13/h3-10H,1-2H3. The summed E-state index contributed by atoms with van der Waals surface area (Å²) in [4.78, 5) is 8.76. The molecule has 16 heavy (non-hydrogen) atoms. The first kappa shape index (κ1) is 10.6. The predicted molar refractivity (Wildman–Crippen MR) is 65.8 cm³/mol. The number of allylic oxidation sites excluding steroid dienone is 1. The molecule has 0 aliphatic heterocycles. The van der Waals surface area contributed by atoms with E-state index in [-0.39, 0.29) is 0 Å². The Balaban J connectivity index is 2.54. The van der Waals surface area contributed by atoms with E-state index in [2.05, 4.69) is 23.8 Å². The van der Waals surface area contributed by atoms with Gasteiger partial charge in [0.05, 0.1) is 11.4 Å². The molecule has 0 spiro atoms. The Hall–Kier alpha value is -1.96. The van der Waals surface area contributed by atoms with Gasteiger partial charge < -0.3 is 0 Å². The molecule has 2 rings (SSSR count). The maximum Gasteiger partial charge on any atom is 0.0722 e. The van der Waals surface area contributed by atoms with Gasteiger partial charge in [-0.2, -0.15) is 0 Å². The Kier molecular flexibility index (Phi) is 3.10. The van der Waals surface area contributed by atoms with Crippen LogP contribution in [-0.4, -0.2) is 9.97 Å². The van der Waals surface area contributed by atoms with Crippen molar-refractivity contribution in [2.75, 3.05) is 0 Å². The van der Waals surface area contributed by atoms with Crippen LogP contribution in [0.15, 0.2) is 54.4 Å². The quantitative estimate of drug-likeness (QED) is 0.760. The molecule has 0 N–H and O–H groups in total. The summed E-state index contributed by atoms with van der Waals surface area (Å²) in [5, 5.41) is 0. The van der Waals surface area contributed by atoms with Gasteiger partial charge in [-0.05, 0) is 38.1 Å². The van der Waals surface area contributed by atoms with E-state index in [1.165, 1.54) is 5.57 Å². The van der Waals surface area contributed by atoms with Crippen molar-refractivity contribution in [3.8, 4) is 0 Å². The summed E-state index contributed by atoms with van der Waals surface area (Å²) < 4.78 is 0. The molecule has 0 saturated carbocycles. The molecule has 0 aliphatic rings. The fraction of sp³-hybridized carbons (Fsp3) is 0.143. The summed E-state index contributed by atoms with van der Waals surface area (Å²) >= 11 is 0. The predicted octanol–water partition coefficient (Wildman–Crippen LogP) is 3.32. The molecule has 0 atom stereocenters. The van der Waals surface area contributed by atoms with E-state index in [9.17, 15) is 0 Å². The van der Waals surface area contributed by atoms with E-state index in [1.807, 2.05) is 36.4 Å². The van der Waals surface area contributed by atoms with Crippen molar-refractivity contribution in [3.05, 3.63) is 65.8 Å². The van der Waals surface area contributed by atoms with E-state index in [0.717, 1.165) is 17.0 Å². The van der Waals surface area contributed by atoms with Crippen LogP contribution in [0.1, 0.15) is 25.2 Å². The molecule has 0 radical (unpaired) electrons. The zero-order valence-corrected chi connectivity index (χ0v) is 9.51. The first-order valence-corrected chi connectivity index (χ1v) is 5.29. The third kappa shape index (κ3) is 2.16. The highest BCUT2D eigenvalue weighted by molar-refractivity contribution is 5.77. The van der Waals surface area contributed by atoms with Crippen molar-refractivity contribution in [2.24, 2.45) is 0 Å². The number of nitrogens with zero attached hydrogens (tertiary/aromatic N) is 2. The fourth-order valence-electron chi connectivity index (χ4n) is 1.66. The minimum atomic E-state index is 0.973. The van der Waals surface area contributed by atoms with Crippen molar-refractivity contribution < 1.29 is 0 Å². The van der Waals surface area contributed by atoms with Gasteiger partial charge in [-0.1, -0.05) is 17.7 Å². The van der Waals surface area contributed by atoms with Gasteiger partial charge in [0.2, 0.25) is 0 Å². The molecule has 0 saturated heterocycles. The van der Waals surface area contributed by atoms with E-state index >= 15 is 0 Å². The lowest BCUT2D eigenvalue weighted by molar-refractivity contribution is 1.20. The Morgan fingerprint density at radius 1 is 0.812 bits per heavy atom. The number of aromatic nitrogens is 2. The molecule has 0 bridgehead atoms. The van der Waals surface area contributed by atoms with Gasteiger partial charge in [0.1, 0.15) is 0 Å². The lowest BCUT2D eigenvalue weighted by Crippen LogP contribution is -1.95. The molecule has 0 aromatic carbocycles. The van der Waals surface area contributed by atoms with Gasteiger partial charge in [0.15, 0.2) is 0 Å². The van der Waals surface area contributed by atoms with Crippen molar-refractivity contribution >= 4 is 5.57 Å². The van der Waals surface area contributed by atoms with Gasteiger partial charge in [0.25, 0.3) is 0 Å². The van der Waals surface area contributed by atoms with Crippen LogP contribution < -0.4 is 0 Å². The highest BCUT2D eigenvalue weighted by Gasteiger charge is 2.08. The van der Waals surface area contributed by atoms with Crippen molar-refractivity contribution in [2.45, 2.75) is 13.8 Å². The molecule has 2 heteroatoms. The van der Waals surface area contributed by atoms with Gasteiger partial charge in [0, 0.05) is 18.0 Å². The van der Waals surface area contributed by atoms with Gasteiger partial charge in [-0.15, -0.1) is 0 Å². The highest BCUT2D eigenvalue weighted by atomic mass is 14.7. The number of pyridine rings is 2. The van der Waals surface area contributed by atoms with Crippen LogP contribution in [0.4, 0.5) is 0 Å². The van der Waals surface area contributed by atoms with Crippen LogP contribution in [0, 0.1) is 0 Å². The Bertz CT molecular complexity index is 441. The van der Waals surface area contributed by atoms with E-state index in [4.69, 9.17) is 0 Å². The molecule has 2 heterocycles. The zero-order valence-electron chi connectivity index (χ0n) is 9.51. The van der Waals surface area contributed by atoms with Crippen LogP contribution in [-0.2, 0) is 0 Å². The minimum absolute atomic E-state index is 0.973. The average Bonchev–Trinajstić information content (AvgIpc) is 2.31. The molecule has 0 unspecified atom stereocenters. The largest absolute Gasteiger partial charge is 0.256 e. The first-order chi connectivity index (χ1) is 7.79. The van der Waals surface area contributed by atoms with Crippen LogP contribution in [0.5, 0.6) is 0 Å². The lowest BCUT2D eigenvalue weighted by atomic mass is 10.0. The first-order valence-electron chi connectivity index (χ1n) is 5.29. The van der Waals surface area contributed by atoms with Crippen molar-refractivity contribution in [1.82, 2.24) is 9.97 Å². The second-order valence-corrected chi connectivity index (χ2v) is 3.80. The summed E-state index contributed by atoms with van der Waals surface area (Å²) in [5.74, 6) is 0. The summed E-state index contributed by atoms with van der Waals surface area (Å²) in [6, 6.07) is 11.9. The molecule has 80 valence electrons. The van der Waals surface area contributed by atoms with Gasteiger partial charge in [-0.25, -0.2) is 0 Å². The molecule has 0 amide bonds. The van der Waals surface area contributed by atoms with E-state index in [1.54, 1.807) is 12.4 Å². The smallest absolute Gasteiger partial charge is 0.0722 e. The number of hydrogen-bond donors (Lipinski definition) is 0. The third-order valence-corrected chi connectivity index (χ3v) is 2.34. The second kappa shape index (κ2) is 4.71. The van der Waals surface area contributed by atoms with E-state index < -0.39 is 0 Å². The Morgan fingerprint density at radius 3 is 1.62 bits per heavy atom. The monoisotopic (exact) mass is 210 g/mol. The zero-order chi connectivity index (χ0) is 11.4. The second-order valence-electron chi connectivity index (χ2n) is 3.80. The minimum Gasteiger partial charge on any atom is -0.256 e. The average molecular weight is 210 g/mol. The third-order valence-electron chi connectivity index (χ3n) is 2.34. The van der Waals surface area contributed by atoms with Gasteiger partial charge >= 0.3 is 0 Å². The van der Waals surface area contributed by atoms with Crippen LogP contribution >= 0.6 is 0 Å². The summed E-state index contributed by atoms with van der Waals surface area (Å²) in [5.41, 5.74) is 4.28. The van der Waals surface area contributed by atoms with Crippen LogP contribution in [0.25, 0.3) is 5.57 Å². The van der Waals surface area contributed by atoms with Crippen molar-refractivity contribution in [1.29, 1.82) is 0 Å². The molecule has 0 aliphatic carbocycles. The molecule has 2 nitrogen and oxygen atoms in total. The Labute approximate surface area is 95.7 Å². The Morgan fingerprint density at radius 2 is 1.31 bits per heavy atom. The maximum atomic E-state index is 4.38. The fourth-order valence-corrected chi connectivity index (χ4v) is 1.66. The van der Waals surface area contributed by atoms with Gasteiger partial charge in [-0.3, -0.25) is 9.97 Å².